The molecule has 0 radical (unpaired) electrons. The topological polar surface area (TPSA) is 34.1 Å². The molecule has 0 aromatic heterocycles. The fourth-order valence-electron chi connectivity index (χ4n) is 2.42. The quantitative estimate of drug-likeness (QED) is 0.167. The van der Waals surface area contributed by atoms with Gasteiger partial charge in [0.15, 0.2) is 0 Å². The Labute approximate surface area is 200 Å². The second-order valence-corrected chi connectivity index (χ2v) is 9.39. The van der Waals surface area contributed by atoms with Crippen LogP contribution in [0.4, 0.5) is 0 Å². The first-order valence-corrected chi connectivity index (χ1v) is 11.4. The summed E-state index contributed by atoms with van der Waals surface area (Å²) in [4.78, 5) is 21.4. The molecule has 144 valence electrons. The molecule has 0 amide bonds. The molecule has 3 rings (SSSR count). The van der Waals surface area contributed by atoms with Crippen molar-refractivity contribution in [3.63, 3.8) is 0 Å². The zero-order valence-electron chi connectivity index (χ0n) is 14.6. The van der Waals surface area contributed by atoms with Gasteiger partial charge in [0.05, 0.1) is 10.7 Å². The first-order valence-electron chi connectivity index (χ1n) is 8.25. The van der Waals surface area contributed by atoms with Gasteiger partial charge in [-0.1, -0.05) is 79.9 Å². The fraction of sp³-hybridized carbons (Fsp3) is 0.0909. The van der Waals surface area contributed by atoms with Gasteiger partial charge in [0, 0.05) is 13.1 Å². The van der Waals surface area contributed by atoms with Gasteiger partial charge in [-0.15, -0.1) is 0 Å². The lowest BCUT2D eigenvalue weighted by Gasteiger charge is -2.11. The maximum Gasteiger partial charge on any atom is 0.138 e. The zero-order chi connectivity index (χ0) is 20.5. The fourth-order valence-corrected chi connectivity index (χ4v) is 3.47. The molecule has 2 nitrogen and oxygen atoms in total. The van der Waals surface area contributed by atoms with Gasteiger partial charge in [-0.25, -0.2) is 0 Å². The summed E-state index contributed by atoms with van der Waals surface area (Å²) in [5.74, 6) is -0.218. The maximum atomic E-state index is 11.2. The Morgan fingerprint density at radius 3 is 1.68 bits per heavy atom. The first-order chi connectivity index (χ1) is 13.4. The standard InChI is InChI=1S/C14H10ClIO.C8H6Br2O/c15-12-5-1-10(2-6-12)14(9-17)11-3-7-13(16)8-4-11;9-7-3-1-6(2-4-7)8(10)5-11/h1-9,14H;1-5,8H. The van der Waals surface area contributed by atoms with E-state index in [-0.39, 0.29) is 10.7 Å². The van der Waals surface area contributed by atoms with E-state index in [4.69, 9.17) is 11.6 Å². The number of carbonyl (C=O) groups is 2. The highest BCUT2D eigenvalue weighted by Gasteiger charge is 2.12. The number of hydrogen-bond donors (Lipinski definition) is 0. The predicted molar refractivity (Wildman–Crippen MR) is 130 cm³/mol. The van der Waals surface area contributed by atoms with Crippen molar-refractivity contribution in [2.75, 3.05) is 0 Å². The van der Waals surface area contributed by atoms with E-state index < -0.39 is 0 Å². The molecule has 2 unspecified atom stereocenters. The molecule has 0 fully saturated rings. The first kappa shape index (κ1) is 23.3. The van der Waals surface area contributed by atoms with Crippen LogP contribution in [0.2, 0.25) is 5.02 Å². The Kier molecular flexibility index (Phi) is 9.85. The second kappa shape index (κ2) is 11.9. The number of carbonyl (C=O) groups excluding carboxylic acids is 2. The van der Waals surface area contributed by atoms with E-state index in [9.17, 15) is 9.59 Å². The van der Waals surface area contributed by atoms with Crippen molar-refractivity contribution < 1.29 is 9.59 Å². The minimum absolute atomic E-state index is 0.185. The Morgan fingerprint density at radius 2 is 1.21 bits per heavy atom. The number of hydrogen-bond acceptors (Lipinski definition) is 2. The monoisotopic (exact) mass is 632 g/mol. The summed E-state index contributed by atoms with van der Waals surface area (Å²) in [6.45, 7) is 0. The van der Waals surface area contributed by atoms with Crippen molar-refractivity contribution >= 4 is 78.6 Å². The van der Waals surface area contributed by atoms with Crippen LogP contribution in [0.15, 0.2) is 77.3 Å². The predicted octanol–water partition coefficient (Wildman–Crippen LogP) is 7.36. The molecule has 0 N–H and O–H groups in total. The van der Waals surface area contributed by atoms with Crippen LogP contribution in [-0.4, -0.2) is 12.6 Å². The average molecular weight is 635 g/mol. The summed E-state index contributed by atoms with van der Waals surface area (Å²) >= 11 is 14.6. The molecule has 0 heterocycles. The molecule has 0 saturated carbocycles. The van der Waals surface area contributed by atoms with Gasteiger partial charge in [-0.05, 0) is 75.7 Å². The smallest absolute Gasteiger partial charge is 0.138 e. The van der Waals surface area contributed by atoms with Gasteiger partial charge in [-0.2, -0.15) is 0 Å². The third-order valence-electron chi connectivity index (χ3n) is 3.90. The van der Waals surface area contributed by atoms with E-state index in [0.717, 1.165) is 37.3 Å². The van der Waals surface area contributed by atoms with Gasteiger partial charge < -0.3 is 9.59 Å². The highest BCUT2D eigenvalue weighted by atomic mass is 127. The highest BCUT2D eigenvalue weighted by Crippen LogP contribution is 2.25. The molecule has 0 spiro atoms. The van der Waals surface area contributed by atoms with Crippen LogP contribution < -0.4 is 0 Å². The van der Waals surface area contributed by atoms with Crippen molar-refractivity contribution in [3.05, 3.63) is 103 Å². The van der Waals surface area contributed by atoms with Crippen molar-refractivity contribution in [3.8, 4) is 0 Å². The maximum absolute atomic E-state index is 11.2. The minimum atomic E-state index is -0.218. The van der Waals surface area contributed by atoms with Gasteiger partial charge >= 0.3 is 0 Å². The molecule has 3 aromatic carbocycles. The molecule has 3 aromatic rings. The van der Waals surface area contributed by atoms with Crippen molar-refractivity contribution in [1.29, 1.82) is 0 Å². The normalized spacial score (nSPS) is 12.3. The highest BCUT2D eigenvalue weighted by molar-refractivity contribution is 14.1. The van der Waals surface area contributed by atoms with Crippen LogP contribution in [0.3, 0.4) is 0 Å². The lowest BCUT2D eigenvalue weighted by atomic mass is 9.93. The summed E-state index contributed by atoms with van der Waals surface area (Å²) in [5.41, 5.74) is 2.94. The Hall–Kier alpha value is -1.02. The Balaban J connectivity index is 0.000000221. The number of rotatable bonds is 5. The van der Waals surface area contributed by atoms with Crippen LogP contribution >= 0.6 is 66.1 Å². The lowest BCUT2D eigenvalue weighted by Crippen LogP contribution is -2.02. The van der Waals surface area contributed by atoms with E-state index >= 15 is 0 Å². The van der Waals surface area contributed by atoms with Crippen LogP contribution in [0.1, 0.15) is 27.4 Å². The van der Waals surface area contributed by atoms with Gasteiger partial charge in [0.1, 0.15) is 12.6 Å². The summed E-state index contributed by atoms with van der Waals surface area (Å²) in [5, 5.41) is 0.681. The third-order valence-corrected chi connectivity index (χ3v) is 6.15. The number of aldehydes is 2. The summed E-state index contributed by atoms with van der Waals surface area (Å²) in [6.07, 6.45) is 1.83. The van der Waals surface area contributed by atoms with E-state index in [2.05, 4.69) is 54.5 Å². The van der Waals surface area contributed by atoms with E-state index in [1.54, 1.807) is 12.1 Å². The van der Waals surface area contributed by atoms with Gasteiger partial charge in [-0.3, -0.25) is 0 Å². The third kappa shape index (κ3) is 7.10. The van der Waals surface area contributed by atoms with Gasteiger partial charge in [0.2, 0.25) is 0 Å². The molecule has 6 heteroatoms. The van der Waals surface area contributed by atoms with Crippen LogP contribution in [0.25, 0.3) is 0 Å². The zero-order valence-corrected chi connectivity index (χ0v) is 20.7. The van der Waals surface area contributed by atoms with Crippen molar-refractivity contribution in [1.82, 2.24) is 0 Å². The van der Waals surface area contributed by atoms with Crippen molar-refractivity contribution in [2.24, 2.45) is 0 Å². The molecule has 28 heavy (non-hydrogen) atoms. The minimum Gasteiger partial charge on any atom is -0.302 e. The molecule has 2 atom stereocenters. The molecule has 0 aliphatic heterocycles. The Morgan fingerprint density at radius 1 is 0.750 bits per heavy atom. The average Bonchev–Trinajstić information content (AvgIpc) is 2.72. The Bertz CT molecular complexity index is 852. The van der Waals surface area contributed by atoms with Crippen molar-refractivity contribution in [2.45, 2.75) is 10.7 Å². The van der Waals surface area contributed by atoms with Crippen LogP contribution in [0.5, 0.6) is 0 Å². The summed E-state index contributed by atoms with van der Waals surface area (Å²) in [6, 6.07) is 23.0. The number of alkyl halides is 1. The molecule has 0 aliphatic carbocycles. The van der Waals surface area contributed by atoms with Gasteiger partial charge in [0.25, 0.3) is 0 Å². The summed E-state index contributed by atoms with van der Waals surface area (Å²) < 4.78 is 2.18. The van der Waals surface area contributed by atoms with Crippen LogP contribution in [-0.2, 0) is 9.59 Å². The van der Waals surface area contributed by atoms with E-state index in [1.807, 2.05) is 60.7 Å². The molecular weight excluding hydrogens is 618 g/mol. The molecule has 0 saturated heterocycles. The summed E-state index contributed by atoms with van der Waals surface area (Å²) in [7, 11) is 0. The largest absolute Gasteiger partial charge is 0.302 e. The molecule has 0 bridgehead atoms. The SMILES string of the molecule is O=CC(Br)c1ccc(Br)cc1.O=CC(c1ccc(Cl)cc1)c1ccc(I)cc1. The molecule has 0 aliphatic rings. The number of benzene rings is 3. The van der Waals surface area contributed by atoms with E-state index in [1.165, 1.54) is 0 Å². The number of halogens is 4. The van der Waals surface area contributed by atoms with E-state index in [0.29, 0.717) is 5.02 Å². The van der Waals surface area contributed by atoms with Crippen LogP contribution in [0, 0.1) is 3.57 Å². The molecular formula is C22H16Br2ClIO2. The second-order valence-electron chi connectivity index (χ2n) is 5.81. The lowest BCUT2D eigenvalue weighted by molar-refractivity contribution is -0.108.